The van der Waals surface area contributed by atoms with Gasteiger partial charge in [-0.1, -0.05) is 49.2 Å². The molecule has 0 radical (unpaired) electrons. The Labute approximate surface area is 120 Å². The van der Waals surface area contributed by atoms with Gasteiger partial charge in [-0.25, -0.2) is 0 Å². The van der Waals surface area contributed by atoms with Gasteiger partial charge in [0.15, 0.2) is 0 Å². The minimum absolute atomic E-state index is 0.166. The predicted octanol–water partition coefficient (Wildman–Crippen LogP) is 4.32. The van der Waals surface area contributed by atoms with Crippen LogP contribution in [0.25, 0.3) is 0 Å². The summed E-state index contributed by atoms with van der Waals surface area (Å²) in [4.78, 5) is 0. The van der Waals surface area contributed by atoms with Crippen LogP contribution in [0.5, 0.6) is 0 Å². The number of hydrogen-bond acceptors (Lipinski definition) is 2. The van der Waals surface area contributed by atoms with Gasteiger partial charge < -0.3 is 10.1 Å². The van der Waals surface area contributed by atoms with Gasteiger partial charge in [0.25, 0.3) is 0 Å². The van der Waals surface area contributed by atoms with Crippen LogP contribution in [0.2, 0.25) is 10.0 Å². The first-order valence-electron chi connectivity index (χ1n) is 6.27. The minimum atomic E-state index is 0.166. The van der Waals surface area contributed by atoms with E-state index in [-0.39, 0.29) is 6.04 Å². The molecule has 1 unspecified atom stereocenters. The lowest BCUT2D eigenvalue weighted by atomic mass is 10.1. The van der Waals surface area contributed by atoms with Crippen molar-refractivity contribution in [1.29, 1.82) is 0 Å². The normalized spacial score (nSPS) is 13.0. The molecule has 0 aliphatic rings. The van der Waals surface area contributed by atoms with Crippen LogP contribution in [0.3, 0.4) is 0 Å². The monoisotopic (exact) mass is 289 g/mol. The second-order valence-electron chi connectivity index (χ2n) is 4.79. The molecule has 1 rings (SSSR count). The van der Waals surface area contributed by atoms with E-state index in [1.807, 2.05) is 12.1 Å². The van der Waals surface area contributed by atoms with E-state index in [0.717, 1.165) is 18.7 Å². The SMILES string of the molecule is CC(C)COCCNC(C)c1cccc(Cl)c1Cl. The van der Waals surface area contributed by atoms with E-state index in [1.54, 1.807) is 6.07 Å². The van der Waals surface area contributed by atoms with E-state index in [9.17, 15) is 0 Å². The van der Waals surface area contributed by atoms with Crippen molar-refractivity contribution in [3.8, 4) is 0 Å². The van der Waals surface area contributed by atoms with Crippen LogP contribution in [0, 0.1) is 5.92 Å². The first kappa shape index (κ1) is 15.8. The summed E-state index contributed by atoms with van der Waals surface area (Å²) in [6, 6.07) is 5.86. The van der Waals surface area contributed by atoms with Gasteiger partial charge in [-0.3, -0.25) is 0 Å². The Bertz CT molecular complexity index is 369. The molecule has 1 N–H and O–H groups in total. The fourth-order valence-electron chi connectivity index (χ4n) is 1.63. The first-order chi connectivity index (χ1) is 8.52. The molecule has 0 fully saturated rings. The van der Waals surface area contributed by atoms with Crippen molar-refractivity contribution in [3.05, 3.63) is 33.8 Å². The van der Waals surface area contributed by atoms with Crippen LogP contribution in [-0.2, 0) is 4.74 Å². The third kappa shape index (κ3) is 5.15. The summed E-state index contributed by atoms with van der Waals surface area (Å²) in [6.45, 7) is 8.66. The van der Waals surface area contributed by atoms with Crippen molar-refractivity contribution in [2.45, 2.75) is 26.8 Å². The average Bonchev–Trinajstić information content (AvgIpc) is 2.31. The fraction of sp³-hybridized carbons (Fsp3) is 0.571. The molecule has 2 nitrogen and oxygen atoms in total. The first-order valence-corrected chi connectivity index (χ1v) is 7.03. The molecule has 0 aromatic heterocycles. The number of halogens is 2. The Morgan fingerprint density at radius 3 is 2.61 bits per heavy atom. The molecular weight excluding hydrogens is 269 g/mol. The zero-order valence-corrected chi connectivity index (χ0v) is 12.7. The second-order valence-corrected chi connectivity index (χ2v) is 5.57. The van der Waals surface area contributed by atoms with Crippen molar-refractivity contribution in [1.82, 2.24) is 5.32 Å². The van der Waals surface area contributed by atoms with Gasteiger partial charge in [-0.05, 0) is 24.5 Å². The van der Waals surface area contributed by atoms with Crippen molar-refractivity contribution < 1.29 is 4.74 Å². The van der Waals surface area contributed by atoms with Crippen LogP contribution in [0.15, 0.2) is 18.2 Å². The smallest absolute Gasteiger partial charge is 0.0639 e. The summed E-state index contributed by atoms with van der Waals surface area (Å²) in [5.74, 6) is 0.574. The molecule has 1 atom stereocenters. The van der Waals surface area contributed by atoms with E-state index < -0.39 is 0 Å². The largest absolute Gasteiger partial charge is 0.380 e. The lowest BCUT2D eigenvalue weighted by Crippen LogP contribution is -2.24. The zero-order chi connectivity index (χ0) is 13.5. The molecule has 0 spiro atoms. The lowest BCUT2D eigenvalue weighted by Gasteiger charge is -2.16. The minimum Gasteiger partial charge on any atom is -0.380 e. The summed E-state index contributed by atoms with van der Waals surface area (Å²) in [5.41, 5.74) is 1.02. The van der Waals surface area contributed by atoms with E-state index >= 15 is 0 Å². The summed E-state index contributed by atoms with van der Waals surface area (Å²) < 4.78 is 5.51. The summed E-state index contributed by atoms with van der Waals surface area (Å²) in [5, 5.41) is 4.60. The topological polar surface area (TPSA) is 21.3 Å². The molecule has 0 aliphatic carbocycles. The quantitative estimate of drug-likeness (QED) is 0.755. The van der Waals surface area contributed by atoms with Gasteiger partial charge in [0, 0.05) is 19.2 Å². The lowest BCUT2D eigenvalue weighted by molar-refractivity contribution is 0.110. The van der Waals surface area contributed by atoms with Crippen LogP contribution in [0.4, 0.5) is 0 Å². The average molecular weight is 290 g/mol. The molecule has 102 valence electrons. The maximum Gasteiger partial charge on any atom is 0.0639 e. The van der Waals surface area contributed by atoms with Gasteiger partial charge in [0.1, 0.15) is 0 Å². The van der Waals surface area contributed by atoms with Crippen LogP contribution in [-0.4, -0.2) is 19.8 Å². The Balaban J connectivity index is 2.36. The number of hydrogen-bond donors (Lipinski definition) is 1. The molecule has 4 heteroatoms. The molecule has 0 amide bonds. The summed E-state index contributed by atoms with van der Waals surface area (Å²) in [7, 11) is 0. The molecule has 1 aromatic rings. The molecule has 0 heterocycles. The van der Waals surface area contributed by atoms with E-state index in [2.05, 4.69) is 26.1 Å². The highest BCUT2D eigenvalue weighted by Gasteiger charge is 2.10. The second kappa shape index (κ2) is 8.00. The van der Waals surface area contributed by atoms with E-state index in [1.165, 1.54) is 0 Å². The van der Waals surface area contributed by atoms with Gasteiger partial charge in [0.2, 0.25) is 0 Å². The molecule has 0 bridgehead atoms. The molecule has 1 aromatic carbocycles. The molecule has 0 saturated carbocycles. The highest BCUT2D eigenvalue weighted by molar-refractivity contribution is 6.42. The van der Waals surface area contributed by atoms with Gasteiger partial charge >= 0.3 is 0 Å². The highest BCUT2D eigenvalue weighted by Crippen LogP contribution is 2.29. The number of ether oxygens (including phenoxy) is 1. The third-order valence-electron chi connectivity index (χ3n) is 2.60. The number of benzene rings is 1. The van der Waals surface area contributed by atoms with Gasteiger partial charge in [0.05, 0.1) is 16.7 Å². The fourth-order valence-corrected chi connectivity index (χ4v) is 2.10. The van der Waals surface area contributed by atoms with Crippen LogP contribution in [0.1, 0.15) is 32.4 Å². The van der Waals surface area contributed by atoms with Gasteiger partial charge in [-0.15, -0.1) is 0 Å². The zero-order valence-electron chi connectivity index (χ0n) is 11.2. The molecule has 0 aliphatic heterocycles. The molecular formula is C14H21Cl2NO. The molecule has 18 heavy (non-hydrogen) atoms. The van der Waals surface area contributed by atoms with Crippen molar-refractivity contribution in [2.24, 2.45) is 5.92 Å². The Morgan fingerprint density at radius 2 is 1.94 bits per heavy atom. The number of nitrogens with one attached hydrogen (secondary N) is 1. The van der Waals surface area contributed by atoms with Gasteiger partial charge in [-0.2, -0.15) is 0 Å². The standard InChI is InChI=1S/C14H21Cl2NO/c1-10(2)9-18-8-7-17-11(3)12-5-4-6-13(15)14(12)16/h4-6,10-11,17H,7-9H2,1-3H3. The van der Waals surface area contributed by atoms with E-state index in [0.29, 0.717) is 22.6 Å². The van der Waals surface area contributed by atoms with Crippen LogP contribution < -0.4 is 5.32 Å². The van der Waals surface area contributed by atoms with E-state index in [4.69, 9.17) is 27.9 Å². The summed E-state index contributed by atoms with van der Waals surface area (Å²) in [6.07, 6.45) is 0. The van der Waals surface area contributed by atoms with Crippen molar-refractivity contribution in [3.63, 3.8) is 0 Å². The Hall–Kier alpha value is -0.280. The maximum atomic E-state index is 6.17. The van der Waals surface area contributed by atoms with Crippen LogP contribution >= 0.6 is 23.2 Å². The van der Waals surface area contributed by atoms with Crippen molar-refractivity contribution >= 4 is 23.2 Å². The summed E-state index contributed by atoms with van der Waals surface area (Å²) >= 11 is 12.2. The predicted molar refractivity (Wildman–Crippen MR) is 78.5 cm³/mol. The Morgan fingerprint density at radius 1 is 1.22 bits per heavy atom. The third-order valence-corrected chi connectivity index (χ3v) is 3.43. The van der Waals surface area contributed by atoms with Crippen molar-refractivity contribution in [2.75, 3.05) is 19.8 Å². The highest BCUT2D eigenvalue weighted by atomic mass is 35.5. The number of rotatable bonds is 7. The maximum absolute atomic E-state index is 6.17. The molecule has 0 saturated heterocycles. The Kier molecular flexibility index (Phi) is 7.02.